The van der Waals surface area contributed by atoms with E-state index >= 15 is 0 Å². The second-order valence-corrected chi connectivity index (χ2v) is 6.85. The molecule has 1 N–H and O–H groups in total. The molecule has 29 heavy (non-hydrogen) atoms. The van der Waals surface area contributed by atoms with Crippen LogP contribution in [0.3, 0.4) is 0 Å². The molecule has 0 aliphatic carbocycles. The fourth-order valence-electron chi connectivity index (χ4n) is 3.05. The number of amides is 2. The number of fused-ring (bicyclic) bond motifs is 1. The number of benzene rings is 1. The Labute approximate surface area is 170 Å². The monoisotopic (exact) mass is 405 g/mol. The molecule has 0 fully saturated rings. The first kappa shape index (κ1) is 22.4. The third kappa shape index (κ3) is 6.32. The van der Waals surface area contributed by atoms with Crippen LogP contribution < -0.4 is 4.74 Å². The topological polar surface area (TPSA) is 102 Å². The lowest BCUT2D eigenvalue weighted by molar-refractivity contribution is -0.140. The van der Waals surface area contributed by atoms with Crippen LogP contribution in [0.2, 0.25) is 0 Å². The molecule has 1 atom stereocenters. The number of hydrogen-bond acceptors (Lipinski definition) is 7. The summed E-state index contributed by atoms with van der Waals surface area (Å²) in [6.07, 6.45) is 4.25. The van der Waals surface area contributed by atoms with Gasteiger partial charge in [-0.25, -0.2) is 4.79 Å². The Morgan fingerprint density at radius 3 is 2.76 bits per heavy atom. The van der Waals surface area contributed by atoms with E-state index in [4.69, 9.17) is 14.2 Å². The van der Waals surface area contributed by atoms with Gasteiger partial charge in [-0.3, -0.25) is 14.5 Å². The van der Waals surface area contributed by atoms with E-state index in [-0.39, 0.29) is 36.5 Å². The molecule has 0 bridgehead atoms. The van der Waals surface area contributed by atoms with Gasteiger partial charge in [-0.1, -0.05) is 6.08 Å². The number of ether oxygens (including phenoxy) is 3. The molecule has 0 saturated heterocycles. The Balaban J connectivity index is 2.33. The fourth-order valence-corrected chi connectivity index (χ4v) is 3.05. The third-order valence-electron chi connectivity index (χ3n) is 4.48. The van der Waals surface area contributed by atoms with Gasteiger partial charge >= 0.3 is 5.97 Å². The number of cyclic esters (lactones) is 1. The number of rotatable bonds is 3. The van der Waals surface area contributed by atoms with Crippen LogP contribution in [0.5, 0.6) is 11.5 Å². The van der Waals surface area contributed by atoms with Crippen molar-refractivity contribution in [2.75, 3.05) is 20.4 Å². The van der Waals surface area contributed by atoms with Gasteiger partial charge in [0.05, 0.1) is 0 Å². The number of nitrogens with zero attached hydrogens (tertiary/aromatic N) is 1. The molecule has 8 nitrogen and oxygen atoms in total. The van der Waals surface area contributed by atoms with Crippen LogP contribution in [0, 0.1) is 0 Å². The predicted octanol–water partition coefficient (Wildman–Crippen LogP) is 2.58. The molecule has 0 unspecified atom stereocenters. The first-order valence-corrected chi connectivity index (χ1v) is 9.50. The van der Waals surface area contributed by atoms with E-state index in [2.05, 4.69) is 0 Å². The summed E-state index contributed by atoms with van der Waals surface area (Å²) in [4.78, 5) is 37.9. The zero-order valence-corrected chi connectivity index (χ0v) is 17.0. The van der Waals surface area contributed by atoms with Crippen LogP contribution >= 0.6 is 0 Å². The number of imide groups is 1. The van der Waals surface area contributed by atoms with Crippen LogP contribution in [-0.4, -0.2) is 54.3 Å². The molecule has 1 aliphatic rings. The number of phenols is 1. The van der Waals surface area contributed by atoms with Crippen LogP contribution in [0.1, 0.15) is 49.0 Å². The minimum atomic E-state index is -0.634. The summed E-state index contributed by atoms with van der Waals surface area (Å²) in [5, 5.41) is 10.4. The van der Waals surface area contributed by atoms with Crippen molar-refractivity contribution >= 4 is 17.8 Å². The van der Waals surface area contributed by atoms with Gasteiger partial charge in [-0.05, 0) is 43.9 Å². The summed E-state index contributed by atoms with van der Waals surface area (Å²) in [5.74, 6) is -1.20. The van der Waals surface area contributed by atoms with Gasteiger partial charge in [0.15, 0.2) is 6.79 Å². The van der Waals surface area contributed by atoms with E-state index in [1.165, 1.54) is 31.1 Å². The zero-order chi connectivity index (χ0) is 21.4. The van der Waals surface area contributed by atoms with Crippen molar-refractivity contribution in [1.82, 2.24) is 4.90 Å². The van der Waals surface area contributed by atoms with Crippen molar-refractivity contribution in [3.8, 4) is 11.5 Å². The average molecular weight is 405 g/mol. The number of aromatic hydroxyl groups is 1. The molecule has 2 amide bonds. The standard InChI is InChI=1S/C21H27NO7/c1-14-7-6-9-19(25)22(15(2)23)10-5-4-8-16-11-17(28-13-27-3)12-18(24)20(16)21(26)29-14/h6,9,11-12,14,24H,4-5,7-8,10,13H2,1-3H3/b9-6-/t14-/m0/s1. The summed E-state index contributed by atoms with van der Waals surface area (Å²) >= 11 is 0. The highest BCUT2D eigenvalue weighted by molar-refractivity contribution is 6.00. The first-order valence-electron chi connectivity index (χ1n) is 9.50. The highest BCUT2D eigenvalue weighted by Gasteiger charge is 2.22. The van der Waals surface area contributed by atoms with E-state index < -0.39 is 12.1 Å². The number of carbonyl (C=O) groups excluding carboxylic acids is 3. The van der Waals surface area contributed by atoms with Crippen molar-refractivity contribution in [3.05, 3.63) is 35.4 Å². The van der Waals surface area contributed by atoms with Gasteiger partial charge < -0.3 is 19.3 Å². The second-order valence-electron chi connectivity index (χ2n) is 6.85. The van der Waals surface area contributed by atoms with Crippen molar-refractivity contribution in [1.29, 1.82) is 0 Å². The molecule has 0 aromatic heterocycles. The van der Waals surface area contributed by atoms with E-state index in [1.807, 2.05) is 0 Å². The number of phenolic OH excluding ortho intramolecular Hbond substituents is 1. The Morgan fingerprint density at radius 1 is 1.31 bits per heavy atom. The summed E-state index contributed by atoms with van der Waals surface area (Å²) in [7, 11) is 1.48. The van der Waals surface area contributed by atoms with Gasteiger partial charge in [0.2, 0.25) is 5.91 Å². The van der Waals surface area contributed by atoms with Gasteiger partial charge in [-0.15, -0.1) is 0 Å². The highest BCUT2D eigenvalue weighted by Crippen LogP contribution is 2.30. The molecular weight excluding hydrogens is 378 g/mol. The third-order valence-corrected chi connectivity index (χ3v) is 4.48. The maximum atomic E-state index is 12.6. The van der Waals surface area contributed by atoms with Crippen LogP contribution in [0.4, 0.5) is 0 Å². The maximum Gasteiger partial charge on any atom is 0.342 e. The molecule has 158 valence electrons. The van der Waals surface area contributed by atoms with Gasteiger partial charge in [0.25, 0.3) is 5.91 Å². The highest BCUT2D eigenvalue weighted by atomic mass is 16.7. The summed E-state index contributed by atoms with van der Waals surface area (Å²) < 4.78 is 15.7. The molecule has 2 rings (SSSR count). The predicted molar refractivity (Wildman–Crippen MR) is 105 cm³/mol. The number of hydrogen-bond donors (Lipinski definition) is 1. The summed E-state index contributed by atoms with van der Waals surface area (Å²) in [5.41, 5.74) is 0.670. The van der Waals surface area contributed by atoms with Gasteiger partial charge in [0, 0.05) is 33.1 Å². The molecule has 1 aromatic carbocycles. The number of aryl methyl sites for hydroxylation is 1. The van der Waals surface area contributed by atoms with Crippen LogP contribution in [-0.2, 0) is 25.5 Å². The number of esters is 1. The molecule has 0 spiro atoms. The van der Waals surface area contributed by atoms with Crippen molar-refractivity contribution in [3.63, 3.8) is 0 Å². The smallest absolute Gasteiger partial charge is 0.342 e. The average Bonchev–Trinajstić information content (AvgIpc) is 2.64. The van der Waals surface area contributed by atoms with Crippen LogP contribution in [0.15, 0.2) is 24.3 Å². The van der Waals surface area contributed by atoms with E-state index in [9.17, 15) is 19.5 Å². The Kier molecular flexibility index (Phi) is 8.21. The van der Waals surface area contributed by atoms with E-state index in [0.717, 1.165) is 0 Å². The van der Waals surface area contributed by atoms with Crippen molar-refractivity contribution in [2.24, 2.45) is 0 Å². The molecule has 1 heterocycles. The normalized spacial score (nSPS) is 19.7. The molecule has 1 aromatic rings. The first-order chi connectivity index (χ1) is 13.8. The summed E-state index contributed by atoms with van der Waals surface area (Å²) in [6.45, 7) is 3.32. The van der Waals surface area contributed by atoms with Crippen molar-refractivity contribution < 1.29 is 33.7 Å². The largest absolute Gasteiger partial charge is 0.507 e. The minimum Gasteiger partial charge on any atom is -0.507 e. The number of carbonyl (C=O) groups is 3. The molecule has 8 heteroatoms. The Bertz CT molecular complexity index is 787. The summed E-state index contributed by atoms with van der Waals surface area (Å²) in [6, 6.07) is 3.02. The lowest BCUT2D eigenvalue weighted by Crippen LogP contribution is -2.34. The second kappa shape index (κ2) is 10.6. The van der Waals surface area contributed by atoms with E-state index in [0.29, 0.717) is 37.0 Å². The molecule has 1 aliphatic heterocycles. The molecular formula is C21H27NO7. The molecule has 0 radical (unpaired) electrons. The van der Waals surface area contributed by atoms with Crippen LogP contribution in [0.25, 0.3) is 0 Å². The van der Waals surface area contributed by atoms with Gasteiger partial charge in [-0.2, -0.15) is 0 Å². The number of methoxy groups -OCH3 is 1. The maximum absolute atomic E-state index is 12.6. The SMILES string of the molecule is COCOc1cc(O)c2c(c1)CCCCN(C(C)=O)C(=O)/C=C\C[C@H](C)OC2=O. The lowest BCUT2D eigenvalue weighted by Gasteiger charge is -2.19. The lowest BCUT2D eigenvalue weighted by atomic mass is 10.00. The zero-order valence-electron chi connectivity index (χ0n) is 17.0. The van der Waals surface area contributed by atoms with E-state index in [1.54, 1.807) is 19.1 Å². The Hall–Kier alpha value is -2.87. The van der Waals surface area contributed by atoms with Gasteiger partial charge in [0.1, 0.15) is 23.2 Å². The molecule has 0 saturated carbocycles. The quantitative estimate of drug-likeness (QED) is 0.609. The minimum absolute atomic E-state index is 0.00171. The van der Waals surface area contributed by atoms with Crippen molar-refractivity contribution in [2.45, 2.75) is 45.6 Å². The fraction of sp³-hybridized carbons (Fsp3) is 0.476. The Morgan fingerprint density at radius 2 is 2.07 bits per heavy atom.